The second-order valence-electron chi connectivity index (χ2n) is 8.48. The van der Waals surface area contributed by atoms with Crippen molar-refractivity contribution in [2.75, 3.05) is 6.61 Å². The zero-order valence-electron chi connectivity index (χ0n) is 20.9. The topological polar surface area (TPSA) is 126 Å². The van der Waals surface area contributed by atoms with Crippen molar-refractivity contribution in [2.24, 2.45) is 5.10 Å². The van der Waals surface area contributed by atoms with Gasteiger partial charge in [0.1, 0.15) is 5.71 Å². The molecule has 0 fully saturated rings. The van der Waals surface area contributed by atoms with Crippen molar-refractivity contribution in [1.29, 1.82) is 0 Å². The molecule has 0 radical (unpaired) electrons. The third-order valence-corrected chi connectivity index (χ3v) is 6.46. The minimum Gasteiger partial charge on any atom is -0.449 e. The van der Waals surface area contributed by atoms with Crippen LogP contribution in [0.25, 0.3) is 0 Å². The van der Waals surface area contributed by atoms with E-state index in [1.165, 1.54) is 5.69 Å². The highest BCUT2D eigenvalue weighted by Crippen LogP contribution is 2.37. The van der Waals surface area contributed by atoms with Gasteiger partial charge in [-0.25, -0.2) is 14.9 Å². The Morgan fingerprint density at radius 3 is 2.56 bits per heavy atom. The third-order valence-electron chi connectivity index (χ3n) is 6.46. The SMILES string of the molecule is CCOC(=O)N/N=C(/Cc1ccc(C(CC)(CC)c2ccc[nH]2)[nH]1)c1nnnn1Cc1ccccc1. The molecule has 3 aromatic heterocycles. The second-order valence-corrected chi connectivity index (χ2v) is 8.48. The average Bonchev–Trinajstić information content (AvgIpc) is 3.67. The van der Waals surface area contributed by atoms with E-state index in [1.54, 1.807) is 11.6 Å². The highest BCUT2D eigenvalue weighted by atomic mass is 16.5. The van der Waals surface area contributed by atoms with E-state index in [0.717, 1.165) is 29.8 Å². The first kappa shape index (κ1) is 24.9. The molecular formula is C26H32N8O2. The van der Waals surface area contributed by atoms with E-state index in [4.69, 9.17) is 4.74 Å². The Labute approximate surface area is 210 Å². The van der Waals surface area contributed by atoms with E-state index in [2.05, 4.69) is 62.0 Å². The van der Waals surface area contributed by atoms with Gasteiger partial charge in [0.25, 0.3) is 0 Å². The van der Waals surface area contributed by atoms with E-state index in [0.29, 0.717) is 24.5 Å². The first-order chi connectivity index (χ1) is 17.6. The van der Waals surface area contributed by atoms with Crippen LogP contribution in [0.1, 0.15) is 62.1 Å². The number of nitrogens with one attached hydrogen (secondary N) is 3. The zero-order valence-corrected chi connectivity index (χ0v) is 20.9. The molecule has 4 aromatic rings. The van der Waals surface area contributed by atoms with Crippen molar-refractivity contribution in [3.63, 3.8) is 0 Å². The number of rotatable bonds is 11. The monoisotopic (exact) mass is 488 g/mol. The fourth-order valence-electron chi connectivity index (χ4n) is 4.51. The van der Waals surface area contributed by atoms with E-state index >= 15 is 0 Å². The van der Waals surface area contributed by atoms with Crippen LogP contribution < -0.4 is 5.43 Å². The first-order valence-corrected chi connectivity index (χ1v) is 12.2. The fraction of sp³-hybridized carbons (Fsp3) is 0.346. The smallest absolute Gasteiger partial charge is 0.427 e. The van der Waals surface area contributed by atoms with Crippen LogP contribution in [0, 0.1) is 0 Å². The van der Waals surface area contributed by atoms with Gasteiger partial charge >= 0.3 is 6.09 Å². The molecule has 0 unspecified atom stereocenters. The molecule has 36 heavy (non-hydrogen) atoms. The van der Waals surface area contributed by atoms with Gasteiger partial charge in [-0.2, -0.15) is 5.10 Å². The molecule has 0 aliphatic rings. The molecule has 3 N–H and O–H groups in total. The molecular weight excluding hydrogens is 456 g/mol. The summed E-state index contributed by atoms with van der Waals surface area (Å²) in [7, 11) is 0. The molecule has 0 saturated heterocycles. The van der Waals surface area contributed by atoms with Crippen LogP contribution in [-0.2, 0) is 23.1 Å². The fourth-order valence-corrected chi connectivity index (χ4v) is 4.51. The van der Waals surface area contributed by atoms with Crippen molar-refractivity contribution in [3.8, 4) is 0 Å². The maximum atomic E-state index is 12.0. The summed E-state index contributed by atoms with van der Waals surface area (Å²) >= 11 is 0. The summed E-state index contributed by atoms with van der Waals surface area (Å²) in [6.07, 6.45) is 3.58. The summed E-state index contributed by atoms with van der Waals surface area (Å²) in [5.41, 5.74) is 7.09. The summed E-state index contributed by atoms with van der Waals surface area (Å²) in [4.78, 5) is 19.0. The summed E-state index contributed by atoms with van der Waals surface area (Å²) in [5, 5.41) is 16.6. The van der Waals surface area contributed by atoms with Crippen LogP contribution in [0.15, 0.2) is 65.9 Å². The van der Waals surface area contributed by atoms with Gasteiger partial charge in [-0.3, -0.25) is 0 Å². The number of hydrogen-bond acceptors (Lipinski definition) is 6. The molecule has 1 amide bonds. The highest BCUT2D eigenvalue weighted by Gasteiger charge is 2.33. The molecule has 0 spiro atoms. The standard InChI is InChI=1S/C26H32N8O2/c1-4-26(5-2,22-13-10-16-27-22)23-15-14-20(28-23)17-21(29-31-25(35)36-6-3)24-30-32-33-34(24)18-19-11-8-7-9-12-19/h7-16,27-28H,4-6,17-18H2,1-3H3,(H,31,35)/b29-21-. The van der Waals surface area contributed by atoms with Gasteiger partial charge in [-0.1, -0.05) is 44.2 Å². The summed E-state index contributed by atoms with van der Waals surface area (Å²) in [5.74, 6) is 0.466. The van der Waals surface area contributed by atoms with Crippen LogP contribution in [0.5, 0.6) is 0 Å². The number of aromatic amines is 2. The Hall–Kier alpha value is -4.21. The molecule has 10 heteroatoms. The molecule has 0 atom stereocenters. The van der Waals surface area contributed by atoms with Gasteiger partial charge in [0, 0.05) is 35.1 Å². The van der Waals surface area contributed by atoms with Crippen LogP contribution in [0.3, 0.4) is 0 Å². The first-order valence-electron chi connectivity index (χ1n) is 12.2. The molecule has 3 heterocycles. The lowest BCUT2D eigenvalue weighted by Gasteiger charge is -2.30. The van der Waals surface area contributed by atoms with E-state index < -0.39 is 6.09 Å². The number of carbonyl (C=O) groups excluding carboxylic acids is 1. The molecule has 0 aliphatic heterocycles. The number of ether oxygens (including phenoxy) is 1. The summed E-state index contributed by atoms with van der Waals surface area (Å²) in [6, 6.07) is 18.2. The number of amides is 1. The molecule has 10 nitrogen and oxygen atoms in total. The van der Waals surface area contributed by atoms with E-state index in [9.17, 15) is 4.79 Å². The number of hydrazone groups is 1. The zero-order chi connectivity index (χ0) is 25.4. The molecule has 188 valence electrons. The molecule has 0 aliphatic carbocycles. The van der Waals surface area contributed by atoms with Gasteiger partial charge in [0.15, 0.2) is 5.82 Å². The predicted molar refractivity (Wildman–Crippen MR) is 137 cm³/mol. The number of nitrogens with zero attached hydrogens (tertiary/aromatic N) is 5. The number of H-pyrrole nitrogens is 2. The van der Waals surface area contributed by atoms with Crippen LogP contribution in [-0.4, -0.2) is 48.6 Å². The maximum absolute atomic E-state index is 12.0. The van der Waals surface area contributed by atoms with Crippen molar-refractivity contribution < 1.29 is 9.53 Å². The van der Waals surface area contributed by atoms with Gasteiger partial charge < -0.3 is 14.7 Å². The van der Waals surface area contributed by atoms with Gasteiger partial charge in [0.05, 0.1) is 13.2 Å². The number of hydrogen-bond donors (Lipinski definition) is 3. The molecule has 1 aromatic carbocycles. The lowest BCUT2D eigenvalue weighted by molar-refractivity contribution is 0.152. The predicted octanol–water partition coefficient (Wildman–Crippen LogP) is 4.18. The van der Waals surface area contributed by atoms with Gasteiger partial charge in [-0.05, 0) is 60.0 Å². The Bertz CT molecular complexity index is 1270. The number of carbonyl (C=O) groups is 1. The van der Waals surface area contributed by atoms with Gasteiger partial charge in [0.2, 0.25) is 0 Å². The lowest BCUT2D eigenvalue weighted by atomic mass is 9.76. The number of tetrazole rings is 1. The average molecular weight is 489 g/mol. The third kappa shape index (κ3) is 5.37. The highest BCUT2D eigenvalue weighted by molar-refractivity contribution is 5.99. The van der Waals surface area contributed by atoms with Crippen LogP contribution in [0.2, 0.25) is 0 Å². The van der Waals surface area contributed by atoms with E-state index in [1.807, 2.05) is 48.7 Å². The van der Waals surface area contributed by atoms with Crippen molar-refractivity contribution in [3.05, 3.63) is 89.3 Å². The van der Waals surface area contributed by atoms with Crippen molar-refractivity contribution >= 4 is 11.8 Å². The van der Waals surface area contributed by atoms with E-state index in [-0.39, 0.29) is 12.0 Å². The minimum absolute atomic E-state index is 0.156. The molecule has 4 rings (SSSR count). The van der Waals surface area contributed by atoms with Crippen LogP contribution in [0.4, 0.5) is 4.79 Å². The lowest BCUT2D eigenvalue weighted by Crippen LogP contribution is -2.27. The molecule has 0 bridgehead atoms. The van der Waals surface area contributed by atoms with Crippen LogP contribution >= 0.6 is 0 Å². The normalized spacial score (nSPS) is 12.0. The quantitative estimate of drug-likeness (QED) is 0.216. The number of benzene rings is 1. The Morgan fingerprint density at radius 1 is 1.06 bits per heavy atom. The summed E-state index contributed by atoms with van der Waals surface area (Å²) in [6.45, 7) is 6.84. The van der Waals surface area contributed by atoms with Crippen molar-refractivity contribution in [2.45, 2.75) is 52.0 Å². The van der Waals surface area contributed by atoms with Gasteiger partial charge in [-0.15, -0.1) is 5.10 Å². The maximum Gasteiger partial charge on any atom is 0.427 e. The Balaban J connectivity index is 1.64. The molecule has 0 saturated carbocycles. The van der Waals surface area contributed by atoms with Crippen molar-refractivity contribution in [1.82, 2.24) is 35.6 Å². The minimum atomic E-state index is -0.632. The largest absolute Gasteiger partial charge is 0.449 e. The Kier molecular flexibility index (Phi) is 7.94. The number of aromatic nitrogens is 6. The second kappa shape index (κ2) is 11.5. The summed E-state index contributed by atoms with van der Waals surface area (Å²) < 4.78 is 6.65. The Morgan fingerprint density at radius 2 is 1.86 bits per heavy atom.